The fourth-order valence-corrected chi connectivity index (χ4v) is 2.29. The van der Waals surface area contributed by atoms with Gasteiger partial charge in [-0.05, 0) is 28.1 Å². The second-order valence-electron chi connectivity index (χ2n) is 3.01. The van der Waals surface area contributed by atoms with E-state index >= 15 is 0 Å². The molecule has 2 rings (SSSR count). The van der Waals surface area contributed by atoms with Crippen LogP contribution in [0.2, 0.25) is 0 Å². The molecule has 82 valence electrons. The molecule has 0 spiro atoms. The number of halogens is 1. The highest BCUT2D eigenvalue weighted by atomic mass is 79.9. The van der Waals surface area contributed by atoms with Gasteiger partial charge < -0.3 is 5.11 Å². The van der Waals surface area contributed by atoms with Crippen molar-refractivity contribution in [3.05, 3.63) is 29.0 Å². The van der Waals surface area contributed by atoms with Crippen LogP contribution in [0.5, 0.6) is 0 Å². The van der Waals surface area contributed by atoms with E-state index in [1.54, 1.807) is 18.5 Å². The van der Waals surface area contributed by atoms with Crippen molar-refractivity contribution >= 4 is 44.7 Å². The highest BCUT2D eigenvalue weighted by Crippen LogP contribution is 2.26. The number of carboxylic acids is 1. The van der Waals surface area contributed by atoms with E-state index in [1.807, 2.05) is 6.07 Å². The summed E-state index contributed by atoms with van der Waals surface area (Å²) in [4.78, 5) is 19.7. The summed E-state index contributed by atoms with van der Waals surface area (Å²) in [6, 6.07) is 3.63. The molecule has 0 atom stereocenters. The van der Waals surface area contributed by atoms with Gasteiger partial charge in [0.15, 0.2) is 0 Å². The minimum atomic E-state index is -0.841. The molecule has 0 radical (unpaired) electrons. The van der Waals surface area contributed by atoms with Crippen molar-refractivity contribution in [2.75, 3.05) is 5.75 Å². The van der Waals surface area contributed by atoms with Gasteiger partial charge in [-0.15, -0.1) is 11.8 Å². The van der Waals surface area contributed by atoms with E-state index in [2.05, 4.69) is 25.9 Å². The molecule has 2 aromatic heterocycles. The smallest absolute Gasteiger partial charge is 0.313 e. The highest BCUT2D eigenvalue weighted by Gasteiger charge is 2.06. The topological polar surface area (TPSA) is 63.1 Å². The molecular weight excluding hydrogens is 292 g/mol. The first-order chi connectivity index (χ1) is 7.66. The van der Waals surface area contributed by atoms with Gasteiger partial charge in [-0.1, -0.05) is 0 Å². The predicted octanol–water partition coefficient (Wildman–Crippen LogP) is 2.57. The molecule has 2 heterocycles. The quantitative estimate of drug-likeness (QED) is 0.883. The number of pyridine rings is 2. The van der Waals surface area contributed by atoms with Crippen LogP contribution < -0.4 is 0 Å². The van der Waals surface area contributed by atoms with Crippen LogP contribution in [0.15, 0.2) is 33.9 Å². The number of rotatable bonds is 3. The Morgan fingerprint density at radius 2 is 2.31 bits per heavy atom. The van der Waals surface area contributed by atoms with Gasteiger partial charge >= 0.3 is 5.97 Å². The Kier molecular flexibility index (Phi) is 3.40. The zero-order valence-electron chi connectivity index (χ0n) is 8.05. The fraction of sp³-hybridized carbons (Fsp3) is 0.100. The van der Waals surface area contributed by atoms with Gasteiger partial charge in [0.2, 0.25) is 0 Å². The molecule has 0 aliphatic rings. The van der Waals surface area contributed by atoms with Crippen molar-refractivity contribution in [3.8, 4) is 0 Å². The van der Waals surface area contributed by atoms with E-state index in [4.69, 9.17) is 5.11 Å². The largest absolute Gasteiger partial charge is 0.481 e. The van der Waals surface area contributed by atoms with Crippen LogP contribution in [0.4, 0.5) is 0 Å². The molecule has 16 heavy (non-hydrogen) atoms. The van der Waals surface area contributed by atoms with Crippen molar-refractivity contribution in [2.24, 2.45) is 0 Å². The molecule has 6 heteroatoms. The molecule has 1 N–H and O–H groups in total. The summed E-state index contributed by atoms with van der Waals surface area (Å²) >= 11 is 4.56. The molecule has 0 aliphatic heterocycles. The van der Waals surface area contributed by atoms with Crippen LogP contribution in [0, 0.1) is 0 Å². The Hall–Kier alpha value is -1.14. The lowest BCUT2D eigenvalue weighted by atomic mass is 10.3. The third kappa shape index (κ3) is 2.51. The molecule has 0 fully saturated rings. The molecule has 0 saturated heterocycles. The van der Waals surface area contributed by atoms with Crippen LogP contribution in [0.3, 0.4) is 0 Å². The van der Waals surface area contributed by atoms with E-state index in [9.17, 15) is 4.79 Å². The van der Waals surface area contributed by atoms with Gasteiger partial charge in [0.1, 0.15) is 5.52 Å². The third-order valence-electron chi connectivity index (χ3n) is 1.86. The van der Waals surface area contributed by atoms with Gasteiger partial charge in [0.05, 0.1) is 11.3 Å². The molecule has 4 nitrogen and oxygen atoms in total. The number of fused-ring (bicyclic) bond motifs is 1. The van der Waals surface area contributed by atoms with Gasteiger partial charge in [-0.3, -0.25) is 14.8 Å². The Balaban J connectivity index is 2.41. The first kappa shape index (κ1) is 11.3. The number of thioether (sulfide) groups is 1. The summed E-state index contributed by atoms with van der Waals surface area (Å²) in [5.74, 6) is -0.816. The number of aromatic nitrogens is 2. The lowest BCUT2D eigenvalue weighted by Gasteiger charge is -2.03. The molecule has 0 bridgehead atoms. The molecular formula is C10H7BrN2O2S. The summed E-state index contributed by atoms with van der Waals surface area (Å²) in [6.07, 6.45) is 3.33. The fourth-order valence-electron chi connectivity index (χ4n) is 1.24. The third-order valence-corrected chi connectivity index (χ3v) is 3.32. The molecule has 0 amide bonds. The number of hydrogen-bond donors (Lipinski definition) is 1. The van der Waals surface area contributed by atoms with Gasteiger partial charge in [0.25, 0.3) is 0 Å². The summed E-state index contributed by atoms with van der Waals surface area (Å²) in [7, 11) is 0. The molecule has 0 aromatic carbocycles. The van der Waals surface area contributed by atoms with Gasteiger partial charge in [-0.25, -0.2) is 0 Å². The van der Waals surface area contributed by atoms with Crippen molar-refractivity contribution in [3.63, 3.8) is 0 Å². The van der Waals surface area contributed by atoms with E-state index in [-0.39, 0.29) is 5.75 Å². The van der Waals surface area contributed by atoms with Crippen LogP contribution >= 0.6 is 27.7 Å². The average molecular weight is 299 g/mol. The zero-order valence-corrected chi connectivity index (χ0v) is 10.5. The minimum Gasteiger partial charge on any atom is -0.481 e. The first-order valence-corrected chi connectivity index (χ1v) is 6.19. The number of carboxylic acid groups (broad SMARTS) is 1. The Morgan fingerprint density at radius 3 is 3.06 bits per heavy atom. The normalized spacial score (nSPS) is 10.6. The second kappa shape index (κ2) is 4.80. The maximum Gasteiger partial charge on any atom is 0.313 e. The Bertz CT molecular complexity index is 547. The summed E-state index contributed by atoms with van der Waals surface area (Å²) in [5, 5.41) is 8.63. The number of aliphatic carboxylic acids is 1. The van der Waals surface area contributed by atoms with Crippen molar-refractivity contribution in [2.45, 2.75) is 4.90 Å². The van der Waals surface area contributed by atoms with E-state index in [0.29, 0.717) is 0 Å². The standard InChI is InChI=1S/C10H7BrN2O2S/c11-6-3-7-10(13-4-6)8(1-2-12-7)16-5-9(14)15/h1-4H,5H2,(H,14,15). The lowest BCUT2D eigenvalue weighted by Crippen LogP contribution is -1.98. The Morgan fingerprint density at radius 1 is 1.50 bits per heavy atom. The summed E-state index contributed by atoms with van der Waals surface area (Å²) in [6.45, 7) is 0. The van der Waals surface area contributed by atoms with Crippen LogP contribution in [-0.4, -0.2) is 26.8 Å². The Labute approximate surface area is 104 Å². The average Bonchev–Trinajstić information content (AvgIpc) is 2.25. The van der Waals surface area contributed by atoms with E-state index in [0.717, 1.165) is 20.4 Å². The SMILES string of the molecule is O=C(O)CSc1ccnc2cc(Br)cnc12. The van der Waals surface area contributed by atoms with Gasteiger partial charge in [-0.2, -0.15) is 0 Å². The van der Waals surface area contributed by atoms with Crippen LogP contribution in [-0.2, 0) is 4.79 Å². The van der Waals surface area contributed by atoms with Crippen LogP contribution in [0.25, 0.3) is 11.0 Å². The number of nitrogens with zero attached hydrogens (tertiary/aromatic N) is 2. The maximum atomic E-state index is 10.5. The summed E-state index contributed by atoms with van der Waals surface area (Å²) < 4.78 is 0.855. The second-order valence-corrected chi connectivity index (χ2v) is 4.95. The molecule has 0 saturated carbocycles. The van der Waals surface area contributed by atoms with Crippen molar-refractivity contribution < 1.29 is 9.90 Å². The van der Waals surface area contributed by atoms with Crippen molar-refractivity contribution in [1.82, 2.24) is 9.97 Å². The lowest BCUT2D eigenvalue weighted by molar-refractivity contribution is -0.133. The monoisotopic (exact) mass is 298 g/mol. The minimum absolute atomic E-state index is 0.0247. The zero-order chi connectivity index (χ0) is 11.5. The summed E-state index contributed by atoms with van der Waals surface area (Å²) in [5.41, 5.74) is 1.49. The molecule has 0 aliphatic carbocycles. The number of carbonyl (C=O) groups is 1. The van der Waals surface area contributed by atoms with Crippen molar-refractivity contribution in [1.29, 1.82) is 0 Å². The first-order valence-electron chi connectivity index (χ1n) is 4.41. The highest BCUT2D eigenvalue weighted by molar-refractivity contribution is 9.10. The molecule has 2 aromatic rings. The van der Waals surface area contributed by atoms with E-state index < -0.39 is 5.97 Å². The van der Waals surface area contributed by atoms with Crippen LogP contribution in [0.1, 0.15) is 0 Å². The maximum absolute atomic E-state index is 10.5. The van der Waals surface area contributed by atoms with Gasteiger partial charge in [0, 0.05) is 21.8 Å². The predicted molar refractivity (Wildman–Crippen MR) is 65.6 cm³/mol. The molecule has 0 unspecified atom stereocenters. The van der Waals surface area contributed by atoms with E-state index in [1.165, 1.54) is 11.8 Å². The number of hydrogen-bond acceptors (Lipinski definition) is 4.